The molecule has 0 aliphatic carbocycles. The predicted octanol–water partition coefficient (Wildman–Crippen LogP) is 3.17. The first-order valence-electron chi connectivity index (χ1n) is 6.70. The van der Waals surface area contributed by atoms with Crippen LogP contribution < -0.4 is 5.73 Å². The van der Waals surface area contributed by atoms with Crippen molar-refractivity contribution in [2.24, 2.45) is 5.73 Å². The fourth-order valence-electron chi connectivity index (χ4n) is 1.95. The topological polar surface area (TPSA) is 26.0 Å². The smallest absolute Gasteiger partial charge is 0.0344 e. The molecule has 0 radical (unpaired) electrons. The lowest BCUT2D eigenvalue weighted by molar-refractivity contribution is 0.832. The molecule has 0 saturated carbocycles. The van der Waals surface area contributed by atoms with Crippen molar-refractivity contribution in [3.05, 3.63) is 71.3 Å². The van der Waals surface area contributed by atoms with Gasteiger partial charge in [0.2, 0.25) is 0 Å². The van der Waals surface area contributed by atoms with Crippen LogP contribution in [-0.2, 0) is 12.8 Å². The van der Waals surface area contributed by atoms with Crippen molar-refractivity contribution in [1.82, 2.24) is 0 Å². The maximum atomic E-state index is 5.53. The van der Waals surface area contributed by atoms with Crippen molar-refractivity contribution < 1.29 is 0 Å². The van der Waals surface area contributed by atoms with E-state index in [2.05, 4.69) is 48.2 Å². The molecule has 2 rings (SSSR count). The maximum absolute atomic E-state index is 5.53. The SMILES string of the molecule is NCCCc1cccc(C#CCc2ccccc2)c1. The Bertz CT molecular complexity index is 561. The van der Waals surface area contributed by atoms with Crippen molar-refractivity contribution in [2.75, 3.05) is 6.54 Å². The zero-order chi connectivity index (χ0) is 13.3. The highest BCUT2D eigenvalue weighted by molar-refractivity contribution is 5.38. The van der Waals surface area contributed by atoms with E-state index in [1.54, 1.807) is 0 Å². The molecule has 0 aliphatic rings. The van der Waals surface area contributed by atoms with Crippen molar-refractivity contribution >= 4 is 0 Å². The zero-order valence-electron chi connectivity index (χ0n) is 11.1. The van der Waals surface area contributed by atoms with Gasteiger partial charge in [-0.05, 0) is 42.6 Å². The molecule has 0 unspecified atom stereocenters. The van der Waals surface area contributed by atoms with Gasteiger partial charge in [-0.15, -0.1) is 0 Å². The number of hydrogen-bond donors (Lipinski definition) is 1. The van der Waals surface area contributed by atoms with Crippen molar-refractivity contribution in [1.29, 1.82) is 0 Å². The summed E-state index contributed by atoms with van der Waals surface area (Å²) in [6.45, 7) is 0.740. The molecule has 0 bridgehead atoms. The Hall–Kier alpha value is -2.04. The van der Waals surface area contributed by atoms with Crippen molar-refractivity contribution in [2.45, 2.75) is 19.3 Å². The van der Waals surface area contributed by atoms with Gasteiger partial charge in [0.15, 0.2) is 0 Å². The number of nitrogens with two attached hydrogens (primary N) is 1. The van der Waals surface area contributed by atoms with Gasteiger partial charge in [-0.2, -0.15) is 0 Å². The Morgan fingerprint density at radius 3 is 2.47 bits per heavy atom. The number of benzene rings is 2. The third kappa shape index (κ3) is 4.62. The van der Waals surface area contributed by atoms with E-state index in [9.17, 15) is 0 Å². The van der Waals surface area contributed by atoms with Crippen LogP contribution in [0.1, 0.15) is 23.1 Å². The second-order valence-corrected chi connectivity index (χ2v) is 4.56. The summed E-state index contributed by atoms with van der Waals surface area (Å²) >= 11 is 0. The minimum absolute atomic E-state index is 0.740. The zero-order valence-corrected chi connectivity index (χ0v) is 11.1. The summed E-state index contributed by atoms with van der Waals surface area (Å²) < 4.78 is 0. The number of hydrogen-bond acceptors (Lipinski definition) is 1. The molecule has 1 nitrogen and oxygen atoms in total. The molecule has 0 fully saturated rings. The van der Waals surface area contributed by atoms with Crippen LogP contribution in [0.25, 0.3) is 0 Å². The first kappa shape index (κ1) is 13.4. The van der Waals surface area contributed by atoms with Crippen molar-refractivity contribution in [3.63, 3.8) is 0 Å². The predicted molar refractivity (Wildman–Crippen MR) is 80.8 cm³/mol. The first-order chi connectivity index (χ1) is 9.38. The summed E-state index contributed by atoms with van der Waals surface area (Å²) in [5, 5.41) is 0. The molecule has 0 spiro atoms. The van der Waals surface area contributed by atoms with Crippen LogP contribution in [0.3, 0.4) is 0 Å². The van der Waals surface area contributed by atoms with Gasteiger partial charge in [0.25, 0.3) is 0 Å². The molecule has 2 N–H and O–H groups in total. The van der Waals surface area contributed by atoms with E-state index in [1.807, 2.05) is 18.2 Å². The average molecular weight is 249 g/mol. The molecule has 0 saturated heterocycles. The fraction of sp³-hybridized carbons (Fsp3) is 0.222. The molecule has 96 valence electrons. The minimum Gasteiger partial charge on any atom is -0.330 e. The Balaban J connectivity index is 1.99. The minimum atomic E-state index is 0.740. The van der Waals surface area contributed by atoms with Gasteiger partial charge in [0.1, 0.15) is 0 Å². The van der Waals surface area contributed by atoms with Crippen LogP contribution >= 0.6 is 0 Å². The van der Waals surface area contributed by atoms with Gasteiger partial charge in [0, 0.05) is 12.0 Å². The molecule has 0 amide bonds. The van der Waals surface area contributed by atoms with E-state index in [-0.39, 0.29) is 0 Å². The Kier molecular flexibility index (Phi) is 5.22. The van der Waals surface area contributed by atoms with E-state index in [1.165, 1.54) is 11.1 Å². The number of rotatable bonds is 4. The van der Waals surface area contributed by atoms with E-state index in [0.717, 1.165) is 31.4 Å². The number of aryl methyl sites for hydroxylation is 1. The Morgan fingerprint density at radius 1 is 0.895 bits per heavy atom. The van der Waals surface area contributed by atoms with Gasteiger partial charge >= 0.3 is 0 Å². The van der Waals surface area contributed by atoms with Gasteiger partial charge in [0.05, 0.1) is 0 Å². The highest BCUT2D eigenvalue weighted by Crippen LogP contribution is 2.06. The monoisotopic (exact) mass is 249 g/mol. The molecular weight excluding hydrogens is 230 g/mol. The quantitative estimate of drug-likeness (QED) is 0.828. The third-order valence-electron chi connectivity index (χ3n) is 2.96. The fourth-order valence-corrected chi connectivity index (χ4v) is 1.95. The van der Waals surface area contributed by atoms with E-state index in [0.29, 0.717) is 0 Å². The maximum Gasteiger partial charge on any atom is 0.0344 e. The molecule has 0 aliphatic heterocycles. The standard InChI is InChI=1S/C18H19N/c19-14-6-13-18-12-5-11-17(15-18)10-4-9-16-7-2-1-3-8-16/h1-3,5,7-8,11-12,15H,6,9,13-14,19H2. The van der Waals surface area contributed by atoms with Gasteiger partial charge in [-0.1, -0.05) is 54.3 Å². The lowest BCUT2D eigenvalue weighted by Crippen LogP contribution is -2.00. The molecule has 0 heterocycles. The normalized spacial score (nSPS) is 9.74. The molecular formula is C18H19N. The summed E-state index contributed by atoms with van der Waals surface area (Å²) in [4.78, 5) is 0. The van der Waals surface area contributed by atoms with Gasteiger partial charge < -0.3 is 5.73 Å². The van der Waals surface area contributed by atoms with Crippen LogP contribution in [0.2, 0.25) is 0 Å². The van der Waals surface area contributed by atoms with E-state index >= 15 is 0 Å². The van der Waals surface area contributed by atoms with E-state index in [4.69, 9.17) is 5.73 Å². The van der Waals surface area contributed by atoms with Crippen LogP contribution in [0.15, 0.2) is 54.6 Å². The largest absolute Gasteiger partial charge is 0.330 e. The molecule has 2 aromatic rings. The first-order valence-corrected chi connectivity index (χ1v) is 6.70. The van der Waals surface area contributed by atoms with Crippen LogP contribution in [-0.4, -0.2) is 6.54 Å². The van der Waals surface area contributed by atoms with Gasteiger partial charge in [-0.25, -0.2) is 0 Å². The summed E-state index contributed by atoms with van der Waals surface area (Å²) in [5.41, 5.74) is 9.19. The Morgan fingerprint density at radius 2 is 1.68 bits per heavy atom. The lowest BCUT2D eigenvalue weighted by atomic mass is 10.1. The van der Waals surface area contributed by atoms with Crippen LogP contribution in [0, 0.1) is 11.8 Å². The summed E-state index contributed by atoms with van der Waals surface area (Å²) in [6, 6.07) is 18.7. The molecule has 0 atom stereocenters. The second-order valence-electron chi connectivity index (χ2n) is 4.56. The van der Waals surface area contributed by atoms with Gasteiger partial charge in [-0.3, -0.25) is 0 Å². The molecule has 1 heteroatoms. The van der Waals surface area contributed by atoms with Crippen LogP contribution in [0.5, 0.6) is 0 Å². The molecule has 2 aromatic carbocycles. The highest BCUT2D eigenvalue weighted by Gasteiger charge is 1.93. The summed E-state index contributed by atoms with van der Waals surface area (Å²) in [5.74, 6) is 6.46. The Labute approximate surface area is 115 Å². The summed E-state index contributed by atoms with van der Waals surface area (Å²) in [7, 11) is 0. The highest BCUT2D eigenvalue weighted by atomic mass is 14.5. The van der Waals surface area contributed by atoms with Crippen LogP contribution in [0.4, 0.5) is 0 Å². The average Bonchev–Trinajstić information content (AvgIpc) is 2.47. The summed E-state index contributed by atoms with van der Waals surface area (Å²) in [6.07, 6.45) is 2.86. The molecule has 0 aromatic heterocycles. The van der Waals surface area contributed by atoms with Crippen molar-refractivity contribution in [3.8, 4) is 11.8 Å². The second kappa shape index (κ2) is 7.41. The molecule has 19 heavy (non-hydrogen) atoms. The van der Waals surface area contributed by atoms with E-state index < -0.39 is 0 Å². The lowest BCUT2D eigenvalue weighted by Gasteiger charge is -2.00. The third-order valence-corrected chi connectivity index (χ3v) is 2.96.